The van der Waals surface area contributed by atoms with E-state index >= 15 is 0 Å². The van der Waals surface area contributed by atoms with E-state index < -0.39 is 0 Å². The Kier molecular flexibility index (Phi) is 2.28. The Bertz CT molecular complexity index is 331. The fourth-order valence-corrected chi connectivity index (χ4v) is 1.21. The molecule has 0 unspecified atom stereocenters. The van der Waals surface area contributed by atoms with Gasteiger partial charge in [0, 0.05) is 12.5 Å². The molecule has 1 aromatic heterocycles. The van der Waals surface area contributed by atoms with Crippen LogP contribution in [0.25, 0.3) is 0 Å². The highest BCUT2D eigenvalue weighted by Crippen LogP contribution is 2.20. The number of hydrogen-bond acceptors (Lipinski definition) is 2. The number of carbonyl (C=O) groups is 1. The van der Waals surface area contributed by atoms with E-state index in [9.17, 15) is 4.79 Å². The molecule has 3 nitrogen and oxygen atoms in total. The summed E-state index contributed by atoms with van der Waals surface area (Å²) >= 11 is 0. The second-order valence-electron chi connectivity index (χ2n) is 4.37. The number of hydrogen-bond donors (Lipinski definition) is 0. The van der Waals surface area contributed by atoms with Crippen LogP contribution in [0.3, 0.4) is 0 Å². The number of rotatable bonds is 1. The molecule has 0 saturated carbocycles. The zero-order valence-electron chi connectivity index (χ0n) is 8.88. The van der Waals surface area contributed by atoms with E-state index in [0.29, 0.717) is 5.69 Å². The lowest BCUT2D eigenvalue weighted by molar-refractivity contribution is 0.0848. The van der Waals surface area contributed by atoms with Crippen LogP contribution in [0.2, 0.25) is 0 Å². The predicted octanol–water partition coefficient (Wildman–Crippen LogP) is 1.96. The molecule has 0 aromatic carbocycles. The molecule has 0 amide bonds. The number of Topliss-reactive ketones (excluding diaryl/α,β-unsaturated/α-hetero) is 1. The molecule has 3 heteroatoms. The third-order valence-corrected chi connectivity index (χ3v) is 1.92. The number of nitrogens with zero attached hydrogens (tertiary/aromatic N) is 2. The Morgan fingerprint density at radius 1 is 1.46 bits per heavy atom. The van der Waals surface area contributed by atoms with Gasteiger partial charge in [-0.15, -0.1) is 0 Å². The molecule has 72 valence electrons. The van der Waals surface area contributed by atoms with Crippen LogP contribution in [-0.4, -0.2) is 15.6 Å². The van der Waals surface area contributed by atoms with E-state index in [2.05, 4.69) is 5.10 Å². The molecular formula is C10H16N2O. The minimum Gasteiger partial charge on any atom is -0.292 e. The topological polar surface area (TPSA) is 34.9 Å². The van der Waals surface area contributed by atoms with Crippen molar-refractivity contribution in [3.05, 3.63) is 17.5 Å². The summed E-state index contributed by atoms with van der Waals surface area (Å²) in [7, 11) is 1.80. The Morgan fingerprint density at radius 2 is 2.00 bits per heavy atom. The molecule has 1 rings (SSSR count). The summed E-state index contributed by atoms with van der Waals surface area (Å²) in [6.45, 7) is 7.63. The summed E-state index contributed by atoms with van der Waals surface area (Å²) in [5, 5.41) is 4.14. The molecule has 0 aliphatic rings. The van der Waals surface area contributed by atoms with Crippen molar-refractivity contribution in [1.29, 1.82) is 0 Å². The summed E-state index contributed by atoms with van der Waals surface area (Å²) in [6, 6.07) is 1.83. The maximum Gasteiger partial charge on any atom is 0.186 e. The lowest BCUT2D eigenvalue weighted by Crippen LogP contribution is -2.22. The van der Waals surface area contributed by atoms with Crippen LogP contribution in [0.15, 0.2) is 6.07 Å². The van der Waals surface area contributed by atoms with Crippen LogP contribution in [0, 0.1) is 12.3 Å². The Labute approximate surface area is 78.8 Å². The second kappa shape index (κ2) is 2.98. The van der Waals surface area contributed by atoms with Gasteiger partial charge >= 0.3 is 0 Å². The monoisotopic (exact) mass is 180 g/mol. The lowest BCUT2D eigenvalue weighted by atomic mass is 9.89. The number of carbonyl (C=O) groups excluding carboxylic acids is 1. The van der Waals surface area contributed by atoms with Gasteiger partial charge in [-0.05, 0) is 13.0 Å². The first-order valence-corrected chi connectivity index (χ1v) is 4.38. The first kappa shape index (κ1) is 9.96. The Hall–Kier alpha value is -1.12. The molecule has 0 N–H and O–H groups in total. The third kappa shape index (κ3) is 1.97. The maximum atomic E-state index is 11.8. The van der Waals surface area contributed by atoms with Gasteiger partial charge in [-0.2, -0.15) is 5.10 Å². The SMILES string of the molecule is Cc1cc(C(=O)C(C)(C)C)n(C)n1. The Balaban J connectivity index is 3.09. The van der Waals surface area contributed by atoms with Gasteiger partial charge in [-0.3, -0.25) is 9.48 Å². The van der Waals surface area contributed by atoms with Crippen molar-refractivity contribution in [2.75, 3.05) is 0 Å². The van der Waals surface area contributed by atoms with E-state index in [1.807, 2.05) is 33.8 Å². The minimum atomic E-state index is -0.333. The molecule has 1 aromatic rings. The Morgan fingerprint density at radius 3 is 2.31 bits per heavy atom. The zero-order valence-corrected chi connectivity index (χ0v) is 8.88. The van der Waals surface area contributed by atoms with E-state index in [0.717, 1.165) is 5.69 Å². The molecular weight excluding hydrogens is 164 g/mol. The average Bonchev–Trinajstić information content (AvgIpc) is 2.26. The van der Waals surface area contributed by atoms with Crippen LogP contribution in [0.5, 0.6) is 0 Å². The molecule has 0 radical (unpaired) electrons. The van der Waals surface area contributed by atoms with E-state index in [-0.39, 0.29) is 11.2 Å². The highest BCUT2D eigenvalue weighted by Gasteiger charge is 2.25. The number of ketones is 1. The zero-order chi connectivity index (χ0) is 10.2. The van der Waals surface area contributed by atoms with Crippen LogP contribution in [-0.2, 0) is 7.05 Å². The summed E-state index contributed by atoms with van der Waals surface area (Å²) in [4.78, 5) is 11.8. The van der Waals surface area contributed by atoms with Gasteiger partial charge in [-0.25, -0.2) is 0 Å². The number of aromatic nitrogens is 2. The standard InChI is InChI=1S/C10H16N2O/c1-7-6-8(12(5)11-7)9(13)10(2,3)4/h6H,1-5H3. The maximum absolute atomic E-state index is 11.8. The van der Waals surface area contributed by atoms with Crippen molar-refractivity contribution in [1.82, 2.24) is 9.78 Å². The summed E-state index contributed by atoms with van der Waals surface area (Å²) < 4.78 is 1.64. The molecule has 0 aliphatic carbocycles. The fourth-order valence-electron chi connectivity index (χ4n) is 1.21. The van der Waals surface area contributed by atoms with Gasteiger partial charge in [0.1, 0.15) is 5.69 Å². The first-order chi connectivity index (χ1) is 5.82. The van der Waals surface area contributed by atoms with Gasteiger partial charge in [0.05, 0.1) is 5.69 Å². The number of aryl methyl sites for hydroxylation is 2. The predicted molar refractivity (Wildman–Crippen MR) is 51.7 cm³/mol. The first-order valence-electron chi connectivity index (χ1n) is 4.38. The van der Waals surface area contributed by atoms with Gasteiger partial charge in [0.15, 0.2) is 5.78 Å². The van der Waals surface area contributed by atoms with Crippen molar-refractivity contribution in [2.24, 2.45) is 12.5 Å². The fraction of sp³-hybridized carbons (Fsp3) is 0.600. The molecule has 0 spiro atoms. The van der Waals surface area contributed by atoms with Crippen LogP contribution in [0.1, 0.15) is 37.0 Å². The molecule has 13 heavy (non-hydrogen) atoms. The molecule has 0 fully saturated rings. The van der Waals surface area contributed by atoms with E-state index in [1.165, 1.54) is 0 Å². The van der Waals surface area contributed by atoms with Crippen molar-refractivity contribution in [3.8, 4) is 0 Å². The van der Waals surface area contributed by atoms with Crippen LogP contribution < -0.4 is 0 Å². The molecule has 0 saturated heterocycles. The summed E-state index contributed by atoms with van der Waals surface area (Å²) in [5.41, 5.74) is 1.24. The van der Waals surface area contributed by atoms with Crippen molar-refractivity contribution >= 4 is 5.78 Å². The normalized spacial score (nSPS) is 11.8. The van der Waals surface area contributed by atoms with E-state index in [1.54, 1.807) is 11.7 Å². The molecule has 0 bridgehead atoms. The third-order valence-electron chi connectivity index (χ3n) is 1.92. The van der Waals surface area contributed by atoms with Gasteiger partial charge in [-0.1, -0.05) is 20.8 Å². The van der Waals surface area contributed by atoms with E-state index in [4.69, 9.17) is 0 Å². The molecule has 0 aliphatic heterocycles. The van der Waals surface area contributed by atoms with Crippen LogP contribution in [0.4, 0.5) is 0 Å². The van der Waals surface area contributed by atoms with Crippen molar-refractivity contribution in [3.63, 3.8) is 0 Å². The summed E-state index contributed by atoms with van der Waals surface area (Å²) in [6.07, 6.45) is 0. The average molecular weight is 180 g/mol. The highest BCUT2D eigenvalue weighted by molar-refractivity contribution is 5.98. The van der Waals surface area contributed by atoms with Gasteiger partial charge in [0.25, 0.3) is 0 Å². The van der Waals surface area contributed by atoms with Gasteiger partial charge in [0.2, 0.25) is 0 Å². The highest BCUT2D eigenvalue weighted by atomic mass is 16.1. The van der Waals surface area contributed by atoms with Crippen molar-refractivity contribution in [2.45, 2.75) is 27.7 Å². The van der Waals surface area contributed by atoms with Gasteiger partial charge < -0.3 is 0 Å². The summed E-state index contributed by atoms with van der Waals surface area (Å²) in [5.74, 6) is 0.135. The molecule has 1 heterocycles. The minimum absolute atomic E-state index is 0.135. The smallest absolute Gasteiger partial charge is 0.186 e. The van der Waals surface area contributed by atoms with Crippen LogP contribution >= 0.6 is 0 Å². The second-order valence-corrected chi connectivity index (χ2v) is 4.37. The van der Waals surface area contributed by atoms with Crippen molar-refractivity contribution < 1.29 is 4.79 Å². The lowest BCUT2D eigenvalue weighted by Gasteiger charge is -2.15. The largest absolute Gasteiger partial charge is 0.292 e. The molecule has 0 atom stereocenters. The quantitative estimate of drug-likeness (QED) is 0.619.